The number of nitrogens with one attached hydrogen (secondary N) is 2. The van der Waals surface area contributed by atoms with E-state index in [1.165, 1.54) is 12.3 Å². The molecule has 2 atom stereocenters. The lowest BCUT2D eigenvalue weighted by atomic mass is 10.1. The zero-order chi connectivity index (χ0) is 19.8. The standard InChI is InChI=1S/C19H22FN7O/c1-11-7-26(8-12(2)23-11)17-6-21-16(5-22-17)19(28)25-14-4-15(20)18-24-13(3)9-27(18)10-14/h4-6,9-12,23H,7-8H2,1-3H3,(H,25,28)/t11-,12+. The van der Waals surface area contributed by atoms with Crippen molar-refractivity contribution in [1.82, 2.24) is 24.7 Å². The number of nitrogens with zero attached hydrogens (tertiary/aromatic N) is 5. The molecule has 146 valence electrons. The van der Waals surface area contributed by atoms with E-state index in [1.54, 1.807) is 29.9 Å². The van der Waals surface area contributed by atoms with E-state index < -0.39 is 11.7 Å². The Morgan fingerprint density at radius 2 is 1.96 bits per heavy atom. The minimum atomic E-state index is -0.505. The SMILES string of the molecule is Cc1cn2cc(NC(=O)c3cnc(N4C[C@@H](C)N[C@@H](C)C4)cn3)cc(F)c2n1. The van der Waals surface area contributed by atoms with Gasteiger partial charge in [-0.05, 0) is 20.8 Å². The number of anilines is 2. The largest absolute Gasteiger partial charge is 0.352 e. The maximum absolute atomic E-state index is 14.2. The van der Waals surface area contributed by atoms with Crippen LogP contribution in [0.1, 0.15) is 30.0 Å². The Bertz CT molecular complexity index is 1010. The summed E-state index contributed by atoms with van der Waals surface area (Å²) >= 11 is 0. The van der Waals surface area contributed by atoms with E-state index in [0.29, 0.717) is 23.5 Å². The average Bonchev–Trinajstić information content (AvgIpc) is 3.02. The van der Waals surface area contributed by atoms with Crippen LogP contribution in [0.4, 0.5) is 15.9 Å². The first-order valence-electron chi connectivity index (χ1n) is 9.18. The van der Waals surface area contributed by atoms with Crippen molar-refractivity contribution in [2.75, 3.05) is 23.3 Å². The van der Waals surface area contributed by atoms with E-state index in [2.05, 4.69) is 44.3 Å². The van der Waals surface area contributed by atoms with Crippen molar-refractivity contribution in [3.05, 3.63) is 48.1 Å². The predicted molar refractivity (Wildman–Crippen MR) is 104 cm³/mol. The summed E-state index contributed by atoms with van der Waals surface area (Å²) < 4.78 is 15.7. The number of carbonyl (C=O) groups excluding carboxylic acids is 1. The van der Waals surface area contributed by atoms with Gasteiger partial charge in [0.1, 0.15) is 11.5 Å². The highest BCUT2D eigenvalue weighted by Crippen LogP contribution is 2.17. The number of piperazine rings is 1. The lowest BCUT2D eigenvalue weighted by Gasteiger charge is -2.36. The molecule has 9 heteroatoms. The van der Waals surface area contributed by atoms with Crippen LogP contribution in [0.3, 0.4) is 0 Å². The van der Waals surface area contributed by atoms with E-state index in [4.69, 9.17) is 0 Å². The monoisotopic (exact) mass is 383 g/mol. The molecular formula is C19H22FN7O. The van der Waals surface area contributed by atoms with Gasteiger partial charge in [-0.3, -0.25) is 4.79 Å². The number of imidazole rings is 1. The van der Waals surface area contributed by atoms with Crippen LogP contribution in [-0.4, -0.2) is 50.4 Å². The number of aryl methyl sites for hydroxylation is 1. The normalized spacial score (nSPS) is 19.8. The molecule has 4 heterocycles. The molecule has 0 bridgehead atoms. The van der Waals surface area contributed by atoms with Crippen LogP contribution in [0.2, 0.25) is 0 Å². The highest BCUT2D eigenvalue weighted by atomic mass is 19.1. The summed E-state index contributed by atoms with van der Waals surface area (Å²) in [6.07, 6.45) is 6.35. The quantitative estimate of drug-likeness (QED) is 0.720. The summed E-state index contributed by atoms with van der Waals surface area (Å²) in [5.74, 6) is -0.218. The zero-order valence-corrected chi connectivity index (χ0v) is 16.0. The fourth-order valence-corrected chi connectivity index (χ4v) is 3.56. The van der Waals surface area contributed by atoms with Crippen LogP contribution < -0.4 is 15.5 Å². The molecule has 1 aliphatic heterocycles. The van der Waals surface area contributed by atoms with Crippen LogP contribution in [0.5, 0.6) is 0 Å². The third-order valence-electron chi connectivity index (χ3n) is 4.64. The fourth-order valence-electron chi connectivity index (χ4n) is 3.56. The Balaban J connectivity index is 1.49. The van der Waals surface area contributed by atoms with E-state index in [1.807, 2.05) is 0 Å². The Kier molecular flexibility index (Phi) is 4.68. The minimum Gasteiger partial charge on any atom is -0.352 e. The Labute approximate surface area is 161 Å². The topological polar surface area (TPSA) is 87.5 Å². The van der Waals surface area contributed by atoms with Gasteiger partial charge in [0.05, 0.1) is 23.8 Å². The summed E-state index contributed by atoms with van der Waals surface area (Å²) in [6, 6.07) is 1.95. The molecule has 0 radical (unpaired) electrons. The first kappa shape index (κ1) is 18.3. The lowest BCUT2D eigenvalue weighted by molar-refractivity contribution is 0.102. The number of halogens is 1. The second-order valence-corrected chi connectivity index (χ2v) is 7.28. The summed E-state index contributed by atoms with van der Waals surface area (Å²) in [7, 11) is 0. The number of aromatic nitrogens is 4. The number of carbonyl (C=O) groups is 1. The third kappa shape index (κ3) is 3.65. The average molecular weight is 383 g/mol. The van der Waals surface area contributed by atoms with Gasteiger partial charge in [0, 0.05) is 43.6 Å². The Hall–Kier alpha value is -3.07. The molecule has 2 N–H and O–H groups in total. The molecule has 3 aromatic rings. The summed E-state index contributed by atoms with van der Waals surface area (Å²) in [5.41, 5.74) is 1.41. The molecule has 8 nitrogen and oxygen atoms in total. The molecule has 1 amide bonds. The van der Waals surface area contributed by atoms with Gasteiger partial charge in [-0.2, -0.15) is 0 Å². The van der Waals surface area contributed by atoms with E-state index in [9.17, 15) is 9.18 Å². The lowest BCUT2D eigenvalue weighted by Crippen LogP contribution is -2.54. The maximum Gasteiger partial charge on any atom is 0.275 e. The first-order chi connectivity index (χ1) is 13.4. The van der Waals surface area contributed by atoms with Crippen LogP contribution in [0, 0.1) is 12.7 Å². The van der Waals surface area contributed by atoms with Gasteiger partial charge in [-0.15, -0.1) is 0 Å². The van der Waals surface area contributed by atoms with E-state index in [0.717, 1.165) is 18.9 Å². The molecule has 0 saturated carbocycles. The Morgan fingerprint density at radius 3 is 2.64 bits per heavy atom. The Morgan fingerprint density at radius 1 is 1.21 bits per heavy atom. The van der Waals surface area contributed by atoms with Gasteiger partial charge in [0.15, 0.2) is 11.5 Å². The molecule has 0 aromatic carbocycles. The summed E-state index contributed by atoms with van der Waals surface area (Å²) in [6.45, 7) is 7.68. The summed E-state index contributed by atoms with van der Waals surface area (Å²) in [5, 5.41) is 6.12. The number of fused-ring (bicyclic) bond motifs is 1. The van der Waals surface area contributed by atoms with Crippen LogP contribution >= 0.6 is 0 Å². The minimum absolute atomic E-state index is 0.169. The number of hydrogen-bond donors (Lipinski definition) is 2. The molecule has 1 aliphatic rings. The van der Waals surface area contributed by atoms with Crippen molar-refractivity contribution in [2.45, 2.75) is 32.9 Å². The fraction of sp³-hybridized carbons (Fsp3) is 0.368. The zero-order valence-electron chi connectivity index (χ0n) is 16.0. The third-order valence-corrected chi connectivity index (χ3v) is 4.64. The maximum atomic E-state index is 14.2. The highest BCUT2D eigenvalue weighted by Gasteiger charge is 2.22. The molecule has 28 heavy (non-hydrogen) atoms. The van der Waals surface area contributed by atoms with Crippen molar-refractivity contribution >= 4 is 23.1 Å². The molecule has 1 fully saturated rings. The van der Waals surface area contributed by atoms with Crippen LogP contribution in [-0.2, 0) is 0 Å². The van der Waals surface area contributed by atoms with Crippen molar-refractivity contribution in [3.63, 3.8) is 0 Å². The first-order valence-corrected chi connectivity index (χ1v) is 9.18. The summed E-state index contributed by atoms with van der Waals surface area (Å²) in [4.78, 5) is 27.3. The second kappa shape index (κ2) is 7.16. The van der Waals surface area contributed by atoms with Crippen molar-refractivity contribution in [3.8, 4) is 0 Å². The second-order valence-electron chi connectivity index (χ2n) is 7.28. The molecule has 0 unspecified atom stereocenters. The van der Waals surface area contributed by atoms with E-state index in [-0.39, 0.29) is 11.3 Å². The number of amides is 1. The van der Waals surface area contributed by atoms with Gasteiger partial charge in [-0.25, -0.2) is 19.3 Å². The number of pyridine rings is 1. The molecule has 0 aliphatic carbocycles. The molecule has 3 aromatic heterocycles. The molecule has 4 rings (SSSR count). The molecule has 0 spiro atoms. The molecular weight excluding hydrogens is 361 g/mol. The van der Waals surface area contributed by atoms with Crippen molar-refractivity contribution in [2.24, 2.45) is 0 Å². The van der Waals surface area contributed by atoms with Crippen LogP contribution in [0.15, 0.2) is 30.9 Å². The van der Waals surface area contributed by atoms with Gasteiger partial charge < -0.3 is 19.9 Å². The van der Waals surface area contributed by atoms with Crippen molar-refractivity contribution < 1.29 is 9.18 Å². The van der Waals surface area contributed by atoms with Gasteiger partial charge >= 0.3 is 0 Å². The number of hydrogen-bond acceptors (Lipinski definition) is 6. The van der Waals surface area contributed by atoms with Gasteiger partial charge in [0.2, 0.25) is 0 Å². The highest BCUT2D eigenvalue weighted by molar-refractivity contribution is 6.02. The van der Waals surface area contributed by atoms with Gasteiger partial charge in [-0.1, -0.05) is 0 Å². The van der Waals surface area contributed by atoms with E-state index >= 15 is 0 Å². The van der Waals surface area contributed by atoms with Crippen molar-refractivity contribution in [1.29, 1.82) is 0 Å². The predicted octanol–water partition coefficient (Wildman–Crippen LogP) is 2.01. The smallest absolute Gasteiger partial charge is 0.275 e. The van der Waals surface area contributed by atoms with Crippen LogP contribution in [0.25, 0.3) is 5.65 Å². The van der Waals surface area contributed by atoms with Gasteiger partial charge in [0.25, 0.3) is 5.91 Å². The number of rotatable bonds is 3. The molecule has 1 saturated heterocycles.